The third-order valence-electron chi connectivity index (χ3n) is 2.01. The van der Waals surface area contributed by atoms with Crippen LogP contribution in [0.4, 0.5) is 5.69 Å². The Bertz CT molecular complexity index is 335. The maximum Gasteiger partial charge on any atom is 0.115 e. The number of benzene rings is 1. The number of alkyl halides is 1. The van der Waals surface area contributed by atoms with E-state index in [1.807, 2.05) is 23.9 Å². The summed E-state index contributed by atoms with van der Waals surface area (Å²) in [7, 11) is 0. The normalized spacial score (nSPS) is 11.8. The van der Waals surface area contributed by atoms with Crippen molar-refractivity contribution in [3.05, 3.63) is 24.3 Å². The number of nitrogens with zero attached hydrogens (tertiary/aromatic N) is 1. The van der Waals surface area contributed by atoms with E-state index < -0.39 is 0 Å². The van der Waals surface area contributed by atoms with Crippen molar-refractivity contribution in [2.45, 2.75) is 24.7 Å². The van der Waals surface area contributed by atoms with Crippen molar-refractivity contribution < 1.29 is 0 Å². The lowest BCUT2D eigenvalue weighted by Gasteiger charge is -2.01. The molecule has 2 N–H and O–H groups in total. The first-order valence-corrected chi connectivity index (χ1v) is 6.90. The van der Waals surface area contributed by atoms with Gasteiger partial charge in [0, 0.05) is 4.90 Å². The van der Waals surface area contributed by atoms with Crippen LogP contribution in [0, 0.1) is 0 Å². The molecule has 0 aliphatic carbocycles. The van der Waals surface area contributed by atoms with Crippen LogP contribution in [0.15, 0.2) is 34.2 Å². The molecule has 0 amide bonds. The summed E-state index contributed by atoms with van der Waals surface area (Å²) in [5, 5.41) is 0. The van der Waals surface area contributed by atoms with Crippen molar-refractivity contribution in [2.75, 3.05) is 11.6 Å². The van der Waals surface area contributed by atoms with Gasteiger partial charge in [0.2, 0.25) is 0 Å². The molecule has 1 aromatic carbocycles. The van der Waals surface area contributed by atoms with E-state index in [-0.39, 0.29) is 5.88 Å². The lowest BCUT2D eigenvalue weighted by molar-refractivity contribution is 0.896. The van der Waals surface area contributed by atoms with E-state index in [0.29, 0.717) is 5.84 Å². The number of halogens is 1. The Morgan fingerprint density at radius 3 is 2.62 bits per heavy atom. The quantitative estimate of drug-likeness (QED) is 0.276. The summed E-state index contributed by atoms with van der Waals surface area (Å²) in [6.45, 7) is 2.20. The maximum atomic E-state index is 5.56. The molecule has 0 aliphatic rings. The molecule has 16 heavy (non-hydrogen) atoms. The first kappa shape index (κ1) is 13.4. The van der Waals surface area contributed by atoms with Crippen molar-refractivity contribution in [3.8, 4) is 0 Å². The smallest absolute Gasteiger partial charge is 0.115 e. The van der Waals surface area contributed by atoms with Crippen LogP contribution in [0.1, 0.15) is 19.8 Å². The minimum atomic E-state index is 0.271. The summed E-state index contributed by atoms with van der Waals surface area (Å²) in [5.41, 5.74) is 6.41. The van der Waals surface area contributed by atoms with E-state index in [9.17, 15) is 0 Å². The molecular formula is C12H17ClN2S. The first-order valence-electron chi connectivity index (χ1n) is 5.38. The molecule has 0 heterocycles. The summed E-state index contributed by atoms with van der Waals surface area (Å²) in [6, 6.07) is 8.07. The molecule has 0 atom stereocenters. The molecule has 0 bridgehead atoms. The van der Waals surface area contributed by atoms with E-state index in [1.54, 1.807) is 0 Å². The third-order valence-corrected chi connectivity index (χ3v) is 3.39. The molecule has 2 nitrogen and oxygen atoms in total. The van der Waals surface area contributed by atoms with Crippen LogP contribution in [0.3, 0.4) is 0 Å². The fraction of sp³-hybridized carbons (Fsp3) is 0.417. The van der Waals surface area contributed by atoms with Gasteiger partial charge in [0.05, 0.1) is 11.6 Å². The molecule has 0 spiro atoms. The van der Waals surface area contributed by atoms with Gasteiger partial charge in [0.25, 0.3) is 0 Å². The van der Waals surface area contributed by atoms with Gasteiger partial charge in [-0.3, -0.25) is 0 Å². The Morgan fingerprint density at radius 1 is 1.38 bits per heavy atom. The number of nitrogens with two attached hydrogens (primary N) is 1. The predicted octanol–water partition coefficient (Wildman–Crippen LogP) is 3.81. The highest BCUT2D eigenvalue weighted by atomic mass is 35.5. The van der Waals surface area contributed by atoms with Crippen molar-refractivity contribution in [3.63, 3.8) is 0 Å². The third kappa shape index (κ3) is 4.90. The molecule has 88 valence electrons. The molecular weight excluding hydrogens is 240 g/mol. The molecule has 4 heteroatoms. The zero-order valence-electron chi connectivity index (χ0n) is 9.45. The molecule has 0 radical (unpaired) electrons. The number of unbranched alkanes of at least 4 members (excludes halogenated alkanes) is 1. The van der Waals surface area contributed by atoms with E-state index in [2.05, 4.69) is 24.0 Å². The second kappa shape index (κ2) is 7.58. The average molecular weight is 257 g/mol. The van der Waals surface area contributed by atoms with Gasteiger partial charge in [0.1, 0.15) is 5.84 Å². The van der Waals surface area contributed by atoms with E-state index in [0.717, 1.165) is 5.69 Å². The zero-order chi connectivity index (χ0) is 11.8. The second-order valence-electron chi connectivity index (χ2n) is 3.43. The van der Waals surface area contributed by atoms with Crippen molar-refractivity contribution in [2.24, 2.45) is 10.7 Å². The number of thioether (sulfide) groups is 1. The predicted molar refractivity (Wildman–Crippen MR) is 74.1 cm³/mol. The summed E-state index contributed by atoms with van der Waals surface area (Å²) < 4.78 is 0. The molecule has 1 aromatic rings. The van der Waals surface area contributed by atoms with Crippen LogP contribution in [0.5, 0.6) is 0 Å². The maximum absolute atomic E-state index is 5.56. The Balaban J connectivity index is 2.54. The SMILES string of the molecule is CCCCSc1ccc(N=C(N)CCl)cc1. The van der Waals surface area contributed by atoms with Gasteiger partial charge < -0.3 is 5.73 Å². The minimum Gasteiger partial charge on any atom is -0.386 e. The zero-order valence-corrected chi connectivity index (χ0v) is 11.0. The van der Waals surface area contributed by atoms with Crippen LogP contribution < -0.4 is 5.73 Å². The Kier molecular flexibility index (Phi) is 6.34. The van der Waals surface area contributed by atoms with Crippen LogP contribution in [0.25, 0.3) is 0 Å². The van der Waals surface area contributed by atoms with Gasteiger partial charge in [0.15, 0.2) is 0 Å². The lowest BCUT2D eigenvalue weighted by Crippen LogP contribution is -2.12. The Hall–Kier alpha value is -0.670. The topological polar surface area (TPSA) is 38.4 Å². The fourth-order valence-electron chi connectivity index (χ4n) is 1.15. The molecule has 0 aliphatic heterocycles. The van der Waals surface area contributed by atoms with Gasteiger partial charge in [-0.2, -0.15) is 0 Å². The Labute approximate surface area is 106 Å². The van der Waals surface area contributed by atoms with Crippen molar-refractivity contribution in [1.82, 2.24) is 0 Å². The van der Waals surface area contributed by atoms with Gasteiger partial charge in [-0.15, -0.1) is 23.4 Å². The van der Waals surface area contributed by atoms with Gasteiger partial charge >= 0.3 is 0 Å². The number of hydrogen-bond donors (Lipinski definition) is 1. The fourth-order valence-corrected chi connectivity index (χ4v) is 2.20. The summed E-state index contributed by atoms with van der Waals surface area (Å²) in [5.74, 6) is 1.89. The largest absolute Gasteiger partial charge is 0.386 e. The van der Waals surface area contributed by atoms with Crippen molar-refractivity contribution in [1.29, 1.82) is 0 Å². The highest BCUT2D eigenvalue weighted by Crippen LogP contribution is 2.22. The first-order chi connectivity index (χ1) is 7.76. The molecule has 1 rings (SSSR count). The van der Waals surface area contributed by atoms with Crippen LogP contribution in [-0.4, -0.2) is 17.5 Å². The van der Waals surface area contributed by atoms with Gasteiger partial charge in [-0.05, 0) is 36.4 Å². The summed E-state index contributed by atoms with van der Waals surface area (Å²) in [4.78, 5) is 5.44. The van der Waals surface area contributed by atoms with E-state index >= 15 is 0 Å². The average Bonchev–Trinajstić information content (AvgIpc) is 2.31. The highest BCUT2D eigenvalue weighted by molar-refractivity contribution is 7.99. The van der Waals surface area contributed by atoms with E-state index in [4.69, 9.17) is 17.3 Å². The monoisotopic (exact) mass is 256 g/mol. The Morgan fingerprint density at radius 2 is 2.06 bits per heavy atom. The molecule has 0 saturated heterocycles. The van der Waals surface area contributed by atoms with E-state index in [1.165, 1.54) is 23.5 Å². The summed E-state index contributed by atoms with van der Waals surface area (Å²) >= 11 is 7.43. The van der Waals surface area contributed by atoms with Crippen LogP contribution in [-0.2, 0) is 0 Å². The van der Waals surface area contributed by atoms with Crippen LogP contribution in [0.2, 0.25) is 0 Å². The molecule has 0 unspecified atom stereocenters. The number of rotatable bonds is 6. The summed E-state index contributed by atoms with van der Waals surface area (Å²) in [6.07, 6.45) is 2.49. The highest BCUT2D eigenvalue weighted by Gasteiger charge is 1.95. The molecule has 0 aromatic heterocycles. The van der Waals surface area contributed by atoms with Gasteiger partial charge in [-0.25, -0.2) is 4.99 Å². The minimum absolute atomic E-state index is 0.271. The number of aliphatic imine (C=N–C) groups is 1. The van der Waals surface area contributed by atoms with Crippen LogP contribution >= 0.6 is 23.4 Å². The second-order valence-corrected chi connectivity index (χ2v) is 4.87. The lowest BCUT2D eigenvalue weighted by atomic mass is 10.3. The van der Waals surface area contributed by atoms with Crippen molar-refractivity contribution >= 4 is 34.9 Å². The number of amidine groups is 1. The number of hydrogen-bond acceptors (Lipinski definition) is 2. The van der Waals surface area contributed by atoms with Gasteiger partial charge in [-0.1, -0.05) is 13.3 Å². The molecule has 0 fully saturated rings. The molecule has 0 saturated carbocycles. The standard InChI is InChI=1S/C12H17ClN2S/c1-2-3-8-16-11-6-4-10(5-7-11)15-12(14)9-13/h4-7H,2-3,8-9H2,1H3,(H2,14,15).